The molecule has 2 N–H and O–H groups in total. The highest BCUT2D eigenvalue weighted by atomic mass is 16.5. The number of carbonyl (C=O) groups is 2. The van der Waals surface area contributed by atoms with Gasteiger partial charge in [0.15, 0.2) is 0 Å². The van der Waals surface area contributed by atoms with Gasteiger partial charge in [0.25, 0.3) is 0 Å². The van der Waals surface area contributed by atoms with Gasteiger partial charge in [-0.2, -0.15) is 0 Å². The molecule has 0 aliphatic carbocycles. The fraction of sp³-hybridized carbons (Fsp3) is 0.846. The number of methoxy groups -OCH3 is 1. The summed E-state index contributed by atoms with van der Waals surface area (Å²) in [5.41, 5.74) is 0. The zero-order valence-electron chi connectivity index (χ0n) is 11.7. The van der Waals surface area contributed by atoms with Gasteiger partial charge in [0.1, 0.15) is 0 Å². The molecule has 0 saturated carbocycles. The summed E-state index contributed by atoms with van der Waals surface area (Å²) in [4.78, 5) is 25.1. The van der Waals surface area contributed by atoms with E-state index in [1.165, 1.54) is 6.42 Å². The van der Waals surface area contributed by atoms with Crippen molar-refractivity contribution in [1.29, 1.82) is 0 Å². The smallest absolute Gasteiger partial charge is 0.236 e. The summed E-state index contributed by atoms with van der Waals surface area (Å²) < 4.78 is 4.89. The molecule has 1 aliphatic heterocycles. The van der Waals surface area contributed by atoms with Crippen molar-refractivity contribution in [2.45, 2.75) is 25.7 Å². The molecule has 0 spiro atoms. The topological polar surface area (TPSA) is 70.7 Å². The van der Waals surface area contributed by atoms with Crippen LogP contribution in [0.1, 0.15) is 25.7 Å². The molecule has 0 atom stereocenters. The molecule has 0 aromatic carbocycles. The molecular formula is C13H25N3O3. The minimum absolute atomic E-state index is 0.0810. The standard InChI is InChI=1S/C13H25N3O3/c1-19-9-5-6-15-12(17)10-14-11-13(18)16-7-3-2-4-8-16/h14H,2-11H2,1H3,(H,15,17). The van der Waals surface area contributed by atoms with Crippen LogP contribution >= 0.6 is 0 Å². The summed E-state index contributed by atoms with van der Waals surface area (Å²) in [7, 11) is 1.63. The Kier molecular flexibility index (Phi) is 8.16. The van der Waals surface area contributed by atoms with Crippen LogP contribution < -0.4 is 10.6 Å². The van der Waals surface area contributed by atoms with Crippen molar-refractivity contribution < 1.29 is 14.3 Å². The second kappa shape index (κ2) is 9.75. The normalized spacial score (nSPS) is 15.3. The average molecular weight is 271 g/mol. The molecule has 0 unspecified atom stereocenters. The quantitative estimate of drug-likeness (QED) is 0.597. The van der Waals surface area contributed by atoms with Crippen LogP contribution in [0.5, 0.6) is 0 Å². The Labute approximate surface area is 114 Å². The van der Waals surface area contributed by atoms with Crippen molar-refractivity contribution in [3.63, 3.8) is 0 Å². The van der Waals surface area contributed by atoms with Gasteiger partial charge < -0.3 is 15.0 Å². The van der Waals surface area contributed by atoms with E-state index >= 15 is 0 Å². The zero-order valence-corrected chi connectivity index (χ0v) is 11.7. The number of amides is 2. The lowest BCUT2D eigenvalue weighted by Gasteiger charge is -2.26. The summed E-state index contributed by atoms with van der Waals surface area (Å²) in [6.45, 7) is 3.38. The molecule has 0 aromatic heterocycles. The maximum atomic E-state index is 11.8. The van der Waals surface area contributed by atoms with E-state index in [2.05, 4.69) is 10.6 Å². The molecule has 2 amide bonds. The highest BCUT2D eigenvalue weighted by Crippen LogP contribution is 2.07. The first-order chi connectivity index (χ1) is 9.24. The Balaban J connectivity index is 2.02. The van der Waals surface area contributed by atoms with Crippen molar-refractivity contribution in [3.05, 3.63) is 0 Å². The third kappa shape index (κ3) is 7.12. The lowest BCUT2D eigenvalue weighted by Crippen LogP contribution is -2.43. The average Bonchev–Trinajstić information content (AvgIpc) is 2.44. The van der Waals surface area contributed by atoms with Gasteiger partial charge in [-0.05, 0) is 25.7 Å². The predicted octanol–water partition coefficient (Wildman–Crippen LogP) is -0.259. The number of ether oxygens (including phenoxy) is 1. The Morgan fingerprint density at radius 1 is 1.16 bits per heavy atom. The summed E-state index contributed by atoms with van der Waals surface area (Å²) in [5, 5.41) is 5.65. The van der Waals surface area contributed by atoms with E-state index in [9.17, 15) is 9.59 Å². The molecule has 6 nitrogen and oxygen atoms in total. The number of likely N-dealkylation sites (tertiary alicyclic amines) is 1. The van der Waals surface area contributed by atoms with E-state index in [0.717, 1.165) is 32.4 Å². The fourth-order valence-electron chi connectivity index (χ4n) is 2.04. The molecule has 1 rings (SSSR count). The van der Waals surface area contributed by atoms with E-state index in [0.29, 0.717) is 13.2 Å². The van der Waals surface area contributed by atoms with Gasteiger partial charge in [-0.25, -0.2) is 0 Å². The lowest BCUT2D eigenvalue weighted by molar-refractivity contribution is -0.131. The molecule has 6 heteroatoms. The first kappa shape index (κ1) is 15.9. The van der Waals surface area contributed by atoms with Gasteiger partial charge in [0.2, 0.25) is 11.8 Å². The number of nitrogens with zero attached hydrogens (tertiary/aromatic N) is 1. The molecule has 1 saturated heterocycles. The van der Waals surface area contributed by atoms with Gasteiger partial charge in [-0.3, -0.25) is 14.9 Å². The molecule has 1 fully saturated rings. The number of hydrogen-bond donors (Lipinski definition) is 2. The van der Waals surface area contributed by atoms with Gasteiger partial charge in [-0.15, -0.1) is 0 Å². The van der Waals surface area contributed by atoms with Crippen LogP contribution in [0.25, 0.3) is 0 Å². The van der Waals surface area contributed by atoms with Gasteiger partial charge in [0, 0.05) is 33.4 Å². The molecule has 19 heavy (non-hydrogen) atoms. The number of hydrogen-bond acceptors (Lipinski definition) is 4. The van der Waals surface area contributed by atoms with Crippen LogP contribution in [0.4, 0.5) is 0 Å². The summed E-state index contributed by atoms with van der Waals surface area (Å²) in [5.74, 6) is 0.00873. The summed E-state index contributed by atoms with van der Waals surface area (Å²) in [6.07, 6.45) is 4.19. The van der Waals surface area contributed by atoms with Crippen LogP contribution in [0.3, 0.4) is 0 Å². The van der Waals surface area contributed by atoms with Crippen molar-refractivity contribution in [1.82, 2.24) is 15.5 Å². The first-order valence-corrected chi connectivity index (χ1v) is 6.98. The van der Waals surface area contributed by atoms with Crippen molar-refractivity contribution in [2.24, 2.45) is 0 Å². The van der Waals surface area contributed by atoms with Crippen LogP contribution in [-0.2, 0) is 14.3 Å². The first-order valence-electron chi connectivity index (χ1n) is 6.98. The minimum Gasteiger partial charge on any atom is -0.385 e. The van der Waals surface area contributed by atoms with Crippen molar-refractivity contribution >= 4 is 11.8 Å². The Morgan fingerprint density at radius 3 is 2.58 bits per heavy atom. The number of nitrogens with one attached hydrogen (secondary N) is 2. The van der Waals surface area contributed by atoms with E-state index in [-0.39, 0.29) is 24.9 Å². The van der Waals surface area contributed by atoms with E-state index in [1.807, 2.05) is 4.90 Å². The Morgan fingerprint density at radius 2 is 1.89 bits per heavy atom. The molecule has 110 valence electrons. The maximum absolute atomic E-state index is 11.8. The van der Waals surface area contributed by atoms with Crippen LogP contribution in [0.2, 0.25) is 0 Å². The SMILES string of the molecule is COCCCNC(=O)CNCC(=O)N1CCCCC1. The zero-order chi connectivity index (χ0) is 13.9. The number of rotatable bonds is 8. The van der Waals surface area contributed by atoms with Crippen LogP contribution in [0, 0.1) is 0 Å². The highest BCUT2D eigenvalue weighted by Gasteiger charge is 2.15. The Hall–Kier alpha value is -1.14. The van der Waals surface area contributed by atoms with Gasteiger partial charge in [-0.1, -0.05) is 0 Å². The lowest BCUT2D eigenvalue weighted by atomic mass is 10.1. The summed E-state index contributed by atoms with van der Waals surface area (Å²) >= 11 is 0. The molecular weight excluding hydrogens is 246 g/mol. The van der Waals surface area contributed by atoms with Crippen LogP contribution in [0.15, 0.2) is 0 Å². The van der Waals surface area contributed by atoms with Gasteiger partial charge in [0.05, 0.1) is 13.1 Å². The highest BCUT2D eigenvalue weighted by molar-refractivity contribution is 5.81. The monoisotopic (exact) mass is 271 g/mol. The summed E-state index contributed by atoms with van der Waals surface area (Å²) in [6, 6.07) is 0. The largest absolute Gasteiger partial charge is 0.385 e. The number of piperidine rings is 1. The predicted molar refractivity (Wildman–Crippen MR) is 72.8 cm³/mol. The van der Waals surface area contributed by atoms with Crippen LogP contribution in [-0.4, -0.2) is 63.2 Å². The molecule has 1 heterocycles. The maximum Gasteiger partial charge on any atom is 0.236 e. The second-order valence-corrected chi connectivity index (χ2v) is 4.74. The fourth-order valence-corrected chi connectivity index (χ4v) is 2.04. The molecule has 0 bridgehead atoms. The van der Waals surface area contributed by atoms with Gasteiger partial charge >= 0.3 is 0 Å². The minimum atomic E-state index is -0.0810. The Bertz CT molecular complexity index is 278. The van der Waals surface area contributed by atoms with Crippen molar-refractivity contribution in [2.75, 3.05) is 46.4 Å². The van der Waals surface area contributed by atoms with E-state index in [1.54, 1.807) is 7.11 Å². The second-order valence-electron chi connectivity index (χ2n) is 4.74. The molecule has 0 aromatic rings. The van der Waals surface area contributed by atoms with E-state index in [4.69, 9.17) is 4.74 Å². The third-order valence-electron chi connectivity index (χ3n) is 3.12. The molecule has 0 radical (unpaired) electrons. The third-order valence-corrected chi connectivity index (χ3v) is 3.12. The van der Waals surface area contributed by atoms with E-state index < -0.39 is 0 Å². The van der Waals surface area contributed by atoms with Crippen molar-refractivity contribution in [3.8, 4) is 0 Å². The number of carbonyl (C=O) groups excluding carboxylic acids is 2. The molecule has 1 aliphatic rings.